The number of likely N-dealkylation sites (tertiary alicyclic amines) is 1. The number of hydrogen-bond acceptors (Lipinski definition) is 3. The van der Waals surface area contributed by atoms with Gasteiger partial charge in [-0.1, -0.05) is 12.1 Å². The number of anilines is 1. The van der Waals surface area contributed by atoms with Crippen LogP contribution in [-0.2, 0) is 9.53 Å². The van der Waals surface area contributed by atoms with E-state index in [1.165, 1.54) is 17.9 Å². The molecule has 0 saturated carbocycles. The lowest BCUT2D eigenvalue weighted by Crippen LogP contribution is -2.49. The summed E-state index contributed by atoms with van der Waals surface area (Å²) in [6.45, 7) is 7.89. The number of hydrogen-bond donors (Lipinski definition) is 0. The van der Waals surface area contributed by atoms with Gasteiger partial charge in [-0.05, 0) is 45.7 Å². The summed E-state index contributed by atoms with van der Waals surface area (Å²) in [5, 5.41) is 0. The number of benzene rings is 1. The molecule has 0 atom stereocenters. The Kier molecular flexibility index (Phi) is 5.47. The van der Waals surface area contributed by atoms with Crippen molar-refractivity contribution < 1.29 is 18.7 Å². The molecule has 24 heavy (non-hydrogen) atoms. The van der Waals surface area contributed by atoms with Gasteiger partial charge in [-0.25, -0.2) is 9.18 Å². The van der Waals surface area contributed by atoms with Crippen LogP contribution in [0, 0.1) is 5.82 Å². The molecule has 2 rings (SSSR count). The van der Waals surface area contributed by atoms with Crippen molar-refractivity contribution in [3.05, 3.63) is 30.1 Å². The molecule has 0 bridgehead atoms. The molecule has 2 amide bonds. The molecule has 0 aromatic heterocycles. The molecule has 1 aliphatic rings. The Morgan fingerprint density at radius 1 is 1.21 bits per heavy atom. The van der Waals surface area contributed by atoms with Crippen molar-refractivity contribution in [2.45, 2.75) is 52.2 Å². The maximum Gasteiger partial charge on any atom is 0.410 e. The Bertz CT molecular complexity index is 605. The summed E-state index contributed by atoms with van der Waals surface area (Å²) in [7, 11) is 0. The molecular formula is C18H25FN2O3. The molecule has 1 saturated heterocycles. The molecule has 1 aromatic rings. The van der Waals surface area contributed by atoms with Gasteiger partial charge < -0.3 is 14.5 Å². The van der Waals surface area contributed by atoms with Gasteiger partial charge in [-0.3, -0.25) is 4.79 Å². The maximum atomic E-state index is 14.1. The second kappa shape index (κ2) is 7.20. The molecule has 0 spiro atoms. The van der Waals surface area contributed by atoms with Gasteiger partial charge in [0.2, 0.25) is 5.91 Å². The summed E-state index contributed by atoms with van der Waals surface area (Å²) < 4.78 is 19.4. The zero-order chi connectivity index (χ0) is 17.9. The highest BCUT2D eigenvalue weighted by Crippen LogP contribution is 2.27. The van der Waals surface area contributed by atoms with Crippen molar-refractivity contribution in [1.29, 1.82) is 0 Å². The lowest BCUT2D eigenvalue weighted by atomic mass is 10.0. The average Bonchev–Trinajstić information content (AvgIpc) is 2.48. The van der Waals surface area contributed by atoms with E-state index in [-0.39, 0.29) is 18.0 Å². The lowest BCUT2D eigenvalue weighted by molar-refractivity contribution is -0.117. The molecule has 1 aliphatic heterocycles. The number of piperidine rings is 1. The molecular weight excluding hydrogens is 311 g/mol. The van der Waals surface area contributed by atoms with Gasteiger partial charge in [0.15, 0.2) is 0 Å². The Balaban J connectivity index is 2.05. The average molecular weight is 336 g/mol. The van der Waals surface area contributed by atoms with Crippen LogP contribution in [-0.4, -0.2) is 41.6 Å². The standard InChI is InChI=1S/C18H25FN2O3/c1-13(22)21(16-8-6-5-7-15(16)19)14-9-11-20(12-10-14)17(23)24-18(2,3)4/h5-8,14H,9-12H2,1-4H3. The number of carbonyl (C=O) groups is 2. The quantitative estimate of drug-likeness (QED) is 0.829. The highest BCUT2D eigenvalue weighted by atomic mass is 19.1. The second-order valence-corrected chi connectivity index (χ2v) is 7.04. The Hall–Kier alpha value is -2.11. The molecule has 0 radical (unpaired) electrons. The SMILES string of the molecule is CC(=O)N(c1ccccc1F)C1CCN(C(=O)OC(C)(C)C)CC1. The van der Waals surface area contributed by atoms with Crippen molar-refractivity contribution in [3.8, 4) is 0 Å². The topological polar surface area (TPSA) is 49.9 Å². The van der Waals surface area contributed by atoms with Crippen LogP contribution in [0.5, 0.6) is 0 Å². The predicted molar refractivity (Wildman–Crippen MR) is 90.4 cm³/mol. The Morgan fingerprint density at radius 3 is 2.29 bits per heavy atom. The fraction of sp³-hybridized carbons (Fsp3) is 0.556. The highest BCUT2D eigenvalue weighted by molar-refractivity contribution is 5.92. The highest BCUT2D eigenvalue weighted by Gasteiger charge is 2.32. The van der Waals surface area contributed by atoms with E-state index < -0.39 is 11.4 Å². The van der Waals surface area contributed by atoms with Crippen molar-refractivity contribution in [2.75, 3.05) is 18.0 Å². The van der Waals surface area contributed by atoms with E-state index in [2.05, 4.69) is 0 Å². The van der Waals surface area contributed by atoms with E-state index >= 15 is 0 Å². The normalized spacial score (nSPS) is 16.0. The van der Waals surface area contributed by atoms with Crippen LogP contribution in [0.1, 0.15) is 40.5 Å². The van der Waals surface area contributed by atoms with Crippen LogP contribution in [0.15, 0.2) is 24.3 Å². The third-order valence-corrected chi connectivity index (χ3v) is 3.93. The van der Waals surface area contributed by atoms with Crippen molar-refractivity contribution in [2.24, 2.45) is 0 Å². The number of amides is 2. The van der Waals surface area contributed by atoms with Crippen LogP contribution < -0.4 is 4.90 Å². The fourth-order valence-corrected chi connectivity index (χ4v) is 2.90. The Morgan fingerprint density at radius 2 is 1.79 bits per heavy atom. The summed E-state index contributed by atoms with van der Waals surface area (Å²) in [6, 6.07) is 6.14. The van der Waals surface area contributed by atoms with Crippen LogP contribution in [0.25, 0.3) is 0 Å². The van der Waals surface area contributed by atoms with Gasteiger partial charge in [-0.2, -0.15) is 0 Å². The minimum Gasteiger partial charge on any atom is -0.444 e. The van der Waals surface area contributed by atoms with Gasteiger partial charge in [0, 0.05) is 26.1 Å². The minimum absolute atomic E-state index is 0.127. The summed E-state index contributed by atoms with van der Waals surface area (Å²) in [6.07, 6.45) is 0.835. The van der Waals surface area contributed by atoms with E-state index in [1.807, 2.05) is 20.8 Å². The number of halogens is 1. The third-order valence-electron chi connectivity index (χ3n) is 3.93. The molecule has 0 aliphatic carbocycles. The van der Waals surface area contributed by atoms with Gasteiger partial charge in [0.25, 0.3) is 0 Å². The second-order valence-electron chi connectivity index (χ2n) is 7.04. The minimum atomic E-state index is -0.535. The number of ether oxygens (including phenoxy) is 1. The van der Waals surface area contributed by atoms with E-state index in [9.17, 15) is 14.0 Å². The number of para-hydroxylation sites is 1. The zero-order valence-electron chi connectivity index (χ0n) is 14.7. The van der Waals surface area contributed by atoms with E-state index in [0.29, 0.717) is 31.6 Å². The first-order valence-corrected chi connectivity index (χ1v) is 8.21. The molecule has 1 heterocycles. The fourth-order valence-electron chi connectivity index (χ4n) is 2.90. The molecule has 1 aromatic carbocycles. The molecule has 0 N–H and O–H groups in total. The van der Waals surface area contributed by atoms with Crippen molar-refractivity contribution >= 4 is 17.7 Å². The predicted octanol–water partition coefficient (Wildman–Crippen LogP) is 3.58. The number of rotatable bonds is 2. The van der Waals surface area contributed by atoms with E-state index in [0.717, 1.165) is 0 Å². The van der Waals surface area contributed by atoms with E-state index in [1.54, 1.807) is 23.1 Å². The van der Waals surface area contributed by atoms with Gasteiger partial charge in [0.05, 0.1) is 5.69 Å². The first-order chi connectivity index (χ1) is 11.2. The monoisotopic (exact) mass is 336 g/mol. The molecule has 1 fully saturated rings. The van der Waals surface area contributed by atoms with Crippen LogP contribution in [0.3, 0.4) is 0 Å². The number of nitrogens with zero attached hydrogens (tertiary/aromatic N) is 2. The van der Waals surface area contributed by atoms with Crippen LogP contribution in [0.4, 0.5) is 14.9 Å². The lowest BCUT2D eigenvalue weighted by Gasteiger charge is -2.38. The van der Waals surface area contributed by atoms with Gasteiger partial charge in [-0.15, -0.1) is 0 Å². The molecule has 5 nitrogen and oxygen atoms in total. The molecule has 0 unspecified atom stereocenters. The van der Waals surface area contributed by atoms with E-state index in [4.69, 9.17) is 4.74 Å². The van der Waals surface area contributed by atoms with Crippen molar-refractivity contribution in [3.63, 3.8) is 0 Å². The largest absolute Gasteiger partial charge is 0.444 e. The first-order valence-electron chi connectivity index (χ1n) is 8.21. The molecule has 132 valence electrons. The summed E-state index contributed by atoms with van der Waals surface area (Å²) in [5.74, 6) is -0.613. The van der Waals surface area contributed by atoms with Crippen LogP contribution in [0.2, 0.25) is 0 Å². The van der Waals surface area contributed by atoms with Crippen LogP contribution >= 0.6 is 0 Å². The molecule has 6 heteroatoms. The summed E-state index contributed by atoms with van der Waals surface area (Å²) in [4.78, 5) is 27.3. The maximum absolute atomic E-state index is 14.1. The van der Waals surface area contributed by atoms with Gasteiger partial charge in [0.1, 0.15) is 11.4 Å². The zero-order valence-corrected chi connectivity index (χ0v) is 14.7. The smallest absolute Gasteiger partial charge is 0.410 e. The van der Waals surface area contributed by atoms with Gasteiger partial charge >= 0.3 is 6.09 Å². The summed E-state index contributed by atoms with van der Waals surface area (Å²) >= 11 is 0. The summed E-state index contributed by atoms with van der Waals surface area (Å²) in [5.41, 5.74) is -0.243. The first kappa shape index (κ1) is 18.2. The Labute approximate surface area is 142 Å². The number of carbonyl (C=O) groups excluding carboxylic acids is 2. The third kappa shape index (κ3) is 4.46. The van der Waals surface area contributed by atoms with Crippen molar-refractivity contribution in [1.82, 2.24) is 4.90 Å².